The number of oxazole rings is 1. The molecule has 0 N–H and O–H groups in total. The molecule has 0 unspecified atom stereocenters. The molecule has 0 spiro atoms. The lowest BCUT2D eigenvalue weighted by Gasteiger charge is -2.05. The van der Waals surface area contributed by atoms with Crippen molar-refractivity contribution in [3.8, 4) is 11.5 Å². The van der Waals surface area contributed by atoms with E-state index in [1.165, 1.54) is 0 Å². The Morgan fingerprint density at radius 1 is 1.07 bits per heavy atom. The number of carbonyl (C=O) groups excluding carboxylic acids is 1. The van der Waals surface area contributed by atoms with Crippen molar-refractivity contribution in [2.45, 2.75) is 32.4 Å². The third kappa shape index (κ3) is 5.87. The summed E-state index contributed by atoms with van der Waals surface area (Å²) >= 11 is 3.44. The van der Waals surface area contributed by atoms with E-state index >= 15 is 0 Å². The normalized spacial score (nSPS) is 11.6. The lowest BCUT2D eigenvalue weighted by Crippen LogP contribution is -2.18. The second kappa shape index (κ2) is 9.05. The molecule has 0 aliphatic carbocycles. The number of Topliss-reactive ketones (excluding diaryl/α,β-unsaturated/α-hetero) is 1. The Morgan fingerprint density at radius 3 is 2.45 bits per heavy atom. The number of halogens is 1. The highest BCUT2D eigenvalue weighted by molar-refractivity contribution is 9.10. The standard InChI is InChI=1S/C22H22BrNO4S/c1-15-7-9-18(10-8-15)22-24-21(16(2)28-22)14-29(26,27)13-19(25)12-11-17-5-3-4-6-20(17)23/h3-10H,11-14H2,1-2H3. The predicted molar refractivity (Wildman–Crippen MR) is 116 cm³/mol. The first-order valence-corrected chi connectivity index (χ1v) is 11.8. The van der Waals surface area contributed by atoms with Gasteiger partial charge in [-0.1, -0.05) is 51.8 Å². The van der Waals surface area contributed by atoms with Crippen molar-refractivity contribution in [2.24, 2.45) is 0 Å². The quantitative estimate of drug-likeness (QED) is 0.465. The number of hydrogen-bond acceptors (Lipinski definition) is 5. The van der Waals surface area contributed by atoms with E-state index in [1.54, 1.807) is 6.92 Å². The summed E-state index contributed by atoms with van der Waals surface area (Å²) in [5, 5.41) is 0. The third-order valence-corrected chi connectivity index (χ3v) is 6.81. The predicted octanol–water partition coefficient (Wildman–Crippen LogP) is 4.84. The molecule has 0 aliphatic heterocycles. The molecule has 29 heavy (non-hydrogen) atoms. The Balaban J connectivity index is 1.64. The fourth-order valence-electron chi connectivity index (χ4n) is 2.93. The van der Waals surface area contributed by atoms with Crippen LogP contribution < -0.4 is 0 Å². The Labute approximate surface area is 179 Å². The number of benzene rings is 2. The number of hydrogen-bond donors (Lipinski definition) is 0. The number of nitrogens with zero attached hydrogens (tertiary/aromatic N) is 1. The molecule has 0 radical (unpaired) electrons. The van der Waals surface area contributed by atoms with Crippen LogP contribution in [0.3, 0.4) is 0 Å². The smallest absolute Gasteiger partial charge is 0.226 e. The van der Waals surface area contributed by atoms with Crippen molar-refractivity contribution in [1.82, 2.24) is 4.98 Å². The molecule has 0 fully saturated rings. The summed E-state index contributed by atoms with van der Waals surface area (Å²) in [5.41, 5.74) is 3.22. The Morgan fingerprint density at radius 2 is 1.76 bits per heavy atom. The van der Waals surface area contributed by atoms with Gasteiger partial charge in [-0.05, 0) is 44.0 Å². The summed E-state index contributed by atoms with van der Waals surface area (Å²) in [6.45, 7) is 3.67. The van der Waals surface area contributed by atoms with Gasteiger partial charge in [0.2, 0.25) is 5.89 Å². The molecule has 0 saturated carbocycles. The number of aryl methyl sites for hydroxylation is 3. The molecule has 152 valence electrons. The van der Waals surface area contributed by atoms with Crippen molar-refractivity contribution in [3.05, 3.63) is 75.6 Å². The Kier molecular flexibility index (Phi) is 6.70. The summed E-state index contributed by atoms with van der Waals surface area (Å²) in [6, 6.07) is 15.2. The summed E-state index contributed by atoms with van der Waals surface area (Å²) in [7, 11) is -3.63. The zero-order valence-electron chi connectivity index (χ0n) is 16.3. The highest BCUT2D eigenvalue weighted by atomic mass is 79.9. The largest absolute Gasteiger partial charge is 0.441 e. The van der Waals surface area contributed by atoms with E-state index in [-0.39, 0.29) is 18.0 Å². The van der Waals surface area contributed by atoms with Crippen LogP contribution in [-0.4, -0.2) is 24.9 Å². The van der Waals surface area contributed by atoms with Crippen LogP contribution in [0.1, 0.15) is 29.0 Å². The highest BCUT2D eigenvalue weighted by Crippen LogP contribution is 2.23. The molecule has 7 heteroatoms. The lowest BCUT2D eigenvalue weighted by molar-refractivity contribution is -0.116. The molecule has 0 bridgehead atoms. The Bertz CT molecular complexity index is 1120. The SMILES string of the molecule is Cc1ccc(-c2nc(CS(=O)(=O)CC(=O)CCc3ccccc3Br)c(C)o2)cc1. The maximum atomic E-state index is 12.5. The van der Waals surface area contributed by atoms with Gasteiger partial charge in [-0.2, -0.15) is 0 Å². The molecule has 5 nitrogen and oxygen atoms in total. The van der Waals surface area contributed by atoms with Crippen molar-refractivity contribution in [2.75, 3.05) is 5.75 Å². The van der Waals surface area contributed by atoms with Gasteiger partial charge in [-0.3, -0.25) is 4.79 Å². The van der Waals surface area contributed by atoms with Gasteiger partial charge in [0.1, 0.15) is 17.3 Å². The fourth-order valence-corrected chi connectivity index (χ4v) is 4.84. The summed E-state index contributed by atoms with van der Waals surface area (Å²) in [6.07, 6.45) is 0.671. The van der Waals surface area contributed by atoms with Crippen molar-refractivity contribution in [1.29, 1.82) is 0 Å². The van der Waals surface area contributed by atoms with Gasteiger partial charge in [-0.15, -0.1) is 0 Å². The van der Waals surface area contributed by atoms with Crippen LogP contribution in [-0.2, 0) is 26.8 Å². The van der Waals surface area contributed by atoms with Gasteiger partial charge in [0.05, 0.1) is 11.4 Å². The van der Waals surface area contributed by atoms with Gasteiger partial charge < -0.3 is 4.42 Å². The summed E-state index contributed by atoms with van der Waals surface area (Å²) in [4.78, 5) is 16.6. The van der Waals surface area contributed by atoms with E-state index in [0.29, 0.717) is 23.8 Å². The molecule has 0 saturated heterocycles. The van der Waals surface area contributed by atoms with Gasteiger partial charge in [-0.25, -0.2) is 13.4 Å². The molecule has 1 aromatic heterocycles. The van der Waals surface area contributed by atoms with E-state index in [1.807, 2.05) is 55.5 Å². The zero-order valence-corrected chi connectivity index (χ0v) is 18.7. The molecule has 1 heterocycles. The van der Waals surface area contributed by atoms with E-state index in [9.17, 15) is 13.2 Å². The minimum absolute atomic E-state index is 0.175. The molecular formula is C22H22BrNO4S. The van der Waals surface area contributed by atoms with Crippen LogP contribution in [0.25, 0.3) is 11.5 Å². The van der Waals surface area contributed by atoms with Crippen LogP contribution in [0.2, 0.25) is 0 Å². The van der Waals surface area contributed by atoms with Crippen LogP contribution in [0.15, 0.2) is 57.4 Å². The first-order valence-electron chi connectivity index (χ1n) is 9.22. The van der Waals surface area contributed by atoms with Crippen molar-refractivity contribution in [3.63, 3.8) is 0 Å². The molecule has 0 atom stereocenters. The minimum atomic E-state index is -3.63. The maximum absolute atomic E-state index is 12.5. The van der Waals surface area contributed by atoms with Crippen LogP contribution in [0, 0.1) is 13.8 Å². The van der Waals surface area contributed by atoms with Crippen LogP contribution in [0.5, 0.6) is 0 Å². The third-order valence-electron chi connectivity index (χ3n) is 4.56. The monoisotopic (exact) mass is 475 g/mol. The first-order chi connectivity index (χ1) is 13.7. The second-order valence-corrected chi connectivity index (χ2v) is 9.97. The van der Waals surface area contributed by atoms with Crippen LogP contribution >= 0.6 is 15.9 Å². The lowest BCUT2D eigenvalue weighted by atomic mass is 10.1. The van der Waals surface area contributed by atoms with Crippen molar-refractivity contribution < 1.29 is 17.6 Å². The number of ketones is 1. The van der Waals surface area contributed by atoms with Gasteiger partial charge in [0.25, 0.3) is 0 Å². The average molecular weight is 476 g/mol. The molecule has 0 aliphatic rings. The maximum Gasteiger partial charge on any atom is 0.226 e. The van der Waals surface area contributed by atoms with E-state index < -0.39 is 15.6 Å². The average Bonchev–Trinajstić information content (AvgIpc) is 3.01. The van der Waals surface area contributed by atoms with Gasteiger partial charge in [0, 0.05) is 16.5 Å². The second-order valence-electron chi connectivity index (χ2n) is 7.05. The number of rotatable bonds is 8. The fraction of sp³-hybridized carbons (Fsp3) is 0.273. The van der Waals surface area contributed by atoms with Crippen LogP contribution in [0.4, 0.5) is 0 Å². The zero-order chi connectivity index (χ0) is 21.0. The number of aromatic nitrogens is 1. The molecular weight excluding hydrogens is 454 g/mol. The van der Waals surface area contributed by atoms with Gasteiger partial charge >= 0.3 is 0 Å². The van der Waals surface area contributed by atoms with E-state index in [0.717, 1.165) is 21.2 Å². The molecule has 2 aromatic carbocycles. The van der Waals surface area contributed by atoms with E-state index in [4.69, 9.17) is 4.42 Å². The number of sulfone groups is 1. The minimum Gasteiger partial charge on any atom is -0.441 e. The van der Waals surface area contributed by atoms with Gasteiger partial charge in [0.15, 0.2) is 9.84 Å². The molecule has 3 aromatic rings. The Hall–Kier alpha value is -2.25. The molecule has 0 amide bonds. The topological polar surface area (TPSA) is 77.2 Å². The summed E-state index contributed by atoms with van der Waals surface area (Å²) in [5.74, 6) is -0.281. The van der Waals surface area contributed by atoms with E-state index in [2.05, 4.69) is 20.9 Å². The summed E-state index contributed by atoms with van der Waals surface area (Å²) < 4.78 is 31.6. The number of carbonyl (C=O) groups is 1. The highest BCUT2D eigenvalue weighted by Gasteiger charge is 2.22. The van der Waals surface area contributed by atoms with Crippen molar-refractivity contribution >= 4 is 31.6 Å². The molecule has 3 rings (SSSR count). The first kappa shape index (κ1) is 21.5.